The molecule has 1 saturated heterocycles. The molecule has 0 N–H and O–H groups in total. The summed E-state index contributed by atoms with van der Waals surface area (Å²) in [5, 5.41) is 0. The molecule has 1 fully saturated rings. The van der Waals surface area contributed by atoms with Crippen LogP contribution in [0.1, 0.15) is 37.0 Å². The van der Waals surface area contributed by atoms with Gasteiger partial charge in [-0.1, -0.05) is 0 Å². The standard InChI is InChI=1S/C16H20I3NO2/c1-16(2,10-4-6-20(3)7-5-10)22-15(21)12-8-11(17)9-13(18)14(12)19/h8-10H,4-7H2,1-3H3. The Bertz CT molecular complexity index is 567. The van der Waals surface area contributed by atoms with Crippen molar-refractivity contribution in [1.29, 1.82) is 0 Å². The molecule has 6 heteroatoms. The predicted octanol–water partition coefficient (Wildman–Crippen LogP) is 4.78. The number of rotatable bonds is 3. The lowest BCUT2D eigenvalue weighted by molar-refractivity contribution is -0.0434. The molecule has 0 aromatic heterocycles. The number of ether oxygens (including phenoxy) is 1. The maximum Gasteiger partial charge on any atom is 0.339 e. The molecule has 22 heavy (non-hydrogen) atoms. The highest BCUT2D eigenvalue weighted by Crippen LogP contribution is 2.32. The van der Waals surface area contributed by atoms with E-state index in [1.54, 1.807) is 0 Å². The van der Waals surface area contributed by atoms with Crippen molar-refractivity contribution in [2.24, 2.45) is 5.92 Å². The van der Waals surface area contributed by atoms with Crippen molar-refractivity contribution in [1.82, 2.24) is 4.90 Å². The number of hydrogen-bond acceptors (Lipinski definition) is 3. The second kappa shape index (κ2) is 7.81. The number of piperidine rings is 1. The number of carbonyl (C=O) groups excluding carboxylic acids is 1. The van der Waals surface area contributed by atoms with Crippen LogP contribution in [0.15, 0.2) is 12.1 Å². The largest absolute Gasteiger partial charge is 0.456 e. The van der Waals surface area contributed by atoms with Gasteiger partial charge in [-0.2, -0.15) is 0 Å². The average Bonchev–Trinajstić information content (AvgIpc) is 2.42. The summed E-state index contributed by atoms with van der Waals surface area (Å²) in [5.41, 5.74) is 0.256. The number of carbonyl (C=O) groups is 1. The Labute approximate surface area is 173 Å². The number of hydrogen-bond donors (Lipinski definition) is 0. The van der Waals surface area contributed by atoms with Crippen LogP contribution >= 0.6 is 67.8 Å². The van der Waals surface area contributed by atoms with Crippen molar-refractivity contribution in [3.05, 3.63) is 28.4 Å². The molecular weight excluding hydrogens is 619 g/mol. The van der Waals surface area contributed by atoms with E-state index >= 15 is 0 Å². The Kier molecular flexibility index (Phi) is 6.81. The van der Waals surface area contributed by atoms with Crippen LogP contribution in [0.4, 0.5) is 0 Å². The lowest BCUT2D eigenvalue weighted by Gasteiger charge is -2.39. The fraction of sp³-hybridized carbons (Fsp3) is 0.562. The molecule has 0 spiro atoms. The van der Waals surface area contributed by atoms with Gasteiger partial charge in [0.05, 0.1) is 5.56 Å². The van der Waals surface area contributed by atoms with E-state index in [1.807, 2.05) is 19.9 Å². The summed E-state index contributed by atoms with van der Waals surface area (Å²) >= 11 is 6.74. The first-order valence-electron chi connectivity index (χ1n) is 7.27. The van der Waals surface area contributed by atoms with Crippen molar-refractivity contribution in [2.45, 2.75) is 32.3 Å². The van der Waals surface area contributed by atoms with Gasteiger partial charge >= 0.3 is 5.97 Å². The maximum absolute atomic E-state index is 12.6. The first kappa shape index (κ1) is 19.2. The van der Waals surface area contributed by atoms with Gasteiger partial charge in [-0.25, -0.2) is 4.79 Å². The minimum atomic E-state index is -0.422. The van der Waals surface area contributed by atoms with Crippen LogP contribution in [0.5, 0.6) is 0 Å². The van der Waals surface area contributed by atoms with E-state index in [0.29, 0.717) is 11.5 Å². The predicted molar refractivity (Wildman–Crippen MR) is 114 cm³/mol. The summed E-state index contributed by atoms with van der Waals surface area (Å²) < 4.78 is 9.05. The minimum absolute atomic E-state index is 0.204. The topological polar surface area (TPSA) is 29.5 Å². The van der Waals surface area contributed by atoms with Crippen LogP contribution in [-0.2, 0) is 4.74 Å². The zero-order valence-electron chi connectivity index (χ0n) is 13.0. The van der Waals surface area contributed by atoms with Crippen molar-refractivity contribution in [2.75, 3.05) is 20.1 Å². The van der Waals surface area contributed by atoms with Gasteiger partial charge in [0.25, 0.3) is 0 Å². The Morgan fingerprint density at radius 2 is 1.82 bits per heavy atom. The van der Waals surface area contributed by atoms with Crippen LogP contribution < -0.4 is 0 Å². The highest BCUT2D eigenvalue weighted by atomic mass is 127. The summed E-state index contributed by atoms with van der Waals surface area (Å²) in [6.07, 6.45) is 2.16. The zero-order valence-corrected chi connectivity index (χ0v) is 19.4. The van der Waals surface area contributed by atoms with Crippen LogP contribution in [0.3, 0.4) is 0 Å². The zero-order chi connectivity index (χ0) is 16.5. The fourth-order valence-corrected chi connectivity index (χ4v) is 5.16. The van der Waals surface area contributed by atoms with Crippen molar-refractivity contribution in [3.63, 3.8) is 0 Å². The molecule has 1 heterocycles. The fourth-order valence-electron chi connectivity index (χ4n) is 2.79. The summed E-state index contributed by atoms with van der Waals surface area (Å²) in [5.74, 6) is 0.219. The highest BCUT2D eigenvalue weighted by Gasteiger charge is 2.35. The summed E-state index contributed by atoms with van der Waals surface area (Å²) in [6, 6.07) is 3.99. The van der Waals surface area contributed by atoms with E-state index in [0.717, 1.165) is 36.6 Å². The molecule has 0 saturated carbocycles. The molecule has 0 aliphatic carbocycles. The van der Waals surface area contributed by atoms with E-state index in [-0.39, 0.29) is 5.97 Å². The van der Waals surface area contributed by atoms with Crippen LogP contribution in [-0.4, -0.2) is 36.6 Å². The average molecular weight is 639 g/mol. The normalized spacial score (nSPS) is 17.5. The molecule has 3 nitrogen and oxygen atoms in total. The number of esters is 1. The molecule has 0 radical (unpaired) electrons. The summed E-state index contributed by atoms with van der Waals surface area (Å²) in [7, 11) is 2.14. The van der Waals surface area contributed by atoms with Crippen LogP contribution in [0.25, 0.3) is 0 Å². The first-order valence-corrected chi connectivity index (χ1v) is 10.5. The molecule has 2 rings (SSSR count). The molecule has 0 unspecified atom stereocenters. The third-order valence-corrected chi connectivity index (χ3v) is 7.94. The van der Waals surface area contributed by atoms with Crippen LogP contribution in [0.2, 0.25) is 0 Å². The second-order valence-electron chi connectivity index (χ2n) is 6.32. The molecule has 0 amide bonds. The van der Waals surface area contributed by atoms with Gasteiger partial charge in [-0.15, -0.1) is 0 Å². The lowest BCUT2D eigenvalue weighted by Crippen LogP contribution is -2.43. The molecule has 122 valence electrons. The van der Waals surface area contributed by atoms with Crippen molar-refractivity contribution >= 4 is 73.7 Å². The smallest absolute Gasteiger partial charge is 0.339 e. The molecule has 0 bridgehead atoms. The Morgan fingerprint density at radius 1 is 1.23 bits per heavy atom. The van der Waals surface area contributed by atoms with Crippen LogP contribution in [0, 0.1) is 16.6 Å². The Morgan fingerprint density at radius 3 is 2.41 bits per heavy atom. The van der Waals surface area contributed by atoms with Crippen molar-refractivity contribution < 1.29 is 9.53 Å². The van der Waals surface area contributed by atoms with E-state index in [1.165, 1.54) is 0 Å². The molecule has 1 aliphatic rings. The van der Waals surface area contributed by atoms with Gasteiger partial charge in [0, 0.05) is 16.6 Å². The van der Waals surface area contributed by atoms with E-state index in [2.05, 4.69) is 85.8 Å². The third kappa shape index (κ3) is 4.69. The summed E-state index contributed by atoms with van der Waals surface area (Å²) in [6.45, 7) is 6.24. The lowest BCUT2D eigenvalue weighted by atomic mass is 9.83. The maximum atomic E-state index is 12.6. The van der Waals surface area contributed by atoms with Gasteiger partial charge in [-0.05, 0) is 127 Å². The SMILES string of the molecule is CN1CCC(C(C)(C)OC(=O)c2cc(I)cc(I)c2I)CC1. The number of benzene rings is 1. The highest BCUT2D eigenvalue weighted by molar-refractivity contribution is 14.1. The minimum Gasteiger partial charge on any atom is -0.456 e. The Hall–Kier alpha value is 0.840. The van der Waals surface area contributed by atoms with Gasteiger partial charge in [0.1, 0.15) is 5.60 Å². The van der Waals surface area contributed by atoms with E-state index in [4.69, 9.17) is 4.74 Å². The summed E-state index contributed by atoms with van der Waals surface area (Å²) in [4.78, 5) is 15.0. The number of nitrogens with zero attached hydrogens (tertiary/aromatic N) is 1. The van der Waals surface area contributed by atoms with Gasteiger partial charge in [0.2, 0.25) is 0 Å². The number of halogens is 3. The monoisotopic (exact) mass is 639 g/mol. The van der Waals surface area contributed by atoms with Gasteiger partial charge in [-0.3, -0.25) is 0 Å². The van der Waals surface area contributed by atoms with E-state index in [9.17, 15) is 4.79 Å². The number of likely N-dealkylation sites (tertiary alicyclic amines) is 1. The molecule has 0 atom stereocenters. The second-order valence-corrected chi connectivity index (χ2v) is 9.81. The quantitative estimate of drug-likeness (QED) is 0.271. The third-order valence-electron chi connectivity index (χ3n) is 4.27. The molecule has 1 aromatic rings. The molecular formula is C16H20I3NO2. The van der Waals surface area contributed by atoms with Gasteiger partial charge < -0.3 is 9.64 Å². The Balaban J connectivity index is 2.14. The van der Waals surface area contributed by atoms with Gasteiger partial charge in [0.15, 0.2) is 0 Å². The first-order chi connectivity index (χ1) is 10.2. The molecule has 1 aromatic carbocycles. The van der Waals surface area contributed by atoms with Crippen molar-refractivity contribution in [3.8, 4) is 0 Å². The molecule has 1 aliphatic heterocycles. The van der Waals surface area contributed by atoms with E-state index < -0.39 is 5.60 Å².